The van der Waals surface area contributed by atoms with E-state index in [1.54, 1.807) is 18.9 Å². The summed E-state index contributed by atoms with van der Waals surface area (Å²) >= 11 is 1.74. The molecule has 0 saturated carbocycles. The van der Waals surface area contributed by atoms with Crippen LogP contribution in [0.15, 0.2) is 23.1 Å². The van der Waals surface area contributed by atoms with E-state index in [-0.39, 0.29) is 0 Å². The van der Waals surface area contributed by atoms with E-state index in [2.05, 4.69) is 30.0 Å². The Hall–Kier alpha value is -1.18. The summed E-state index contributed by atoms with van der Waals surface area (Å²) in [7, 11) is 1.77. The van der Waals surface area contributed by atoms with Crippen LogP contribution in [0.4, 0.5) is 5.69 Å². The number of ether oxygens (including phenoxy) is 1. The summed E-state index contributed by atoms with van der Waals surface area (Å²) in [6, 6.07) is 8.59. The summed E-state index contributed by atoms with van der Waals surface area (Å²) in [6.45, 7) is 5.01. The van der Waals surface area contributed by atoms with Crippen molar-refractivity contribution in [2.75, 3.05) is 37.5 Å². The number of nitriles is 1. The lowest BCUT2D eigenvalue weighted by Gasteiger charge is -2.34. The third-order valence-electron chi connectivity index (χ3n) is 3.77. The van der Waals surface area contributed by atoms with E-state index in [0.717, 1.165) is 54.4 Å². The van der Waals surface area contributed by atoms with Gasteiger partial charge in [-0.1, -0.05) is 13.0 Å². The molecular weight excluding hydrogens is 268 g/mol. The number of hydrogen-bond donors (Lipinski definition) is 0. The topological polar surface area (TPSA) is 36.3 Å². The predicted molar refractivity (Wildman–Crippen MR) is 84.4 cm³/mol. The third kappa shape index (κ3) is 3.47. The first kappa shape index (κ1) is 15.2. The molecule has 1 aliphatic heterocycles. The van der Waals surface area contributed by atoms with Gasteiger partial charge in [0.25, 0.3) is 0 Å². The Kier molecular flexibility index (Phi) is 5.75. The molecule has 1 fully saturated rings. The lowest BCUT2D eigenvalue weighted by molar-refractivity contribution is 0.139. The van der Waals surface area contributed by atoms with Crippen molar-refractivity contribution in [3.05, 3.63) is 23.8 Å². The summed E-state index contributed by atoms with van der Waals surface area (Å²) in [5, 5.41) is 9.48. The van der Waals surface area contributed by atoms with Crippen molar-refractivity contribution in [3.8, 4) is 6.07 Å². The van der Waals surface area contributed by atoms with Gasteiger partial charge in [-0.2, -0.15) is 5.26 Å². The lowest BCUT2D eigenvalue weighted by Crippen LogP contribution is -2.35. The normalized spacial score (nSPS) is 16.1. The minimum atomic E-state index is 0.662. The highest BCUT2D eigenvalue weighted by Gasteiger charge is 2.21. The predicted octanol–water partition coefficient (Wildman–Crippen LogP) is 3.53. The average Bonchev–Trinajstić information content (AvgIpc) is 2.48. The van der Waals surface area contributed by atoms with E-state index in [0.29, 0.717) is 5.92 Å². The molecule has 1 heterocycles. The molecule has 0 aromatic heterocycles. The van der Waals surface area contributed by atoms with Crippen molar-refractivity contribution < 1.29 is 4.74 Å². The third-order valence-corrected chi connectivity index (χ3v) is 4.71. The van der Waals surface area contributed by atoms with Crippen LogP contribution in [0.2, 0.25) is 0 Å². The molecule has 0 spiro atoms. The molecule has 1 aromatic rings. The minimum Gasteiger partial charge on any atom is -0.384 e. The molecule has 0 unspecified atom stereocenters. The van der Waals surface area contributed by atoms with Crippen LogP contribution < -0.4 is 4.90 Å². The second-order valence-corrected chi connectivity index (χ2v) is 6.39. The first-order valence-corrected chi connectivity index (χ1v) is 8.18. The highest BCUT2D eigenvalue weighted by Crippen LogP contribution is 2.32. The highest BCUT2D eigenvalue weighted by atomic mass is 32.2. The van der Waals surface area contributed by atoms with Gasteiger partial charge >= 0.3 is 0 Å². The van der Waals surface area contributed by atoms with Crippen molar-refractivity contribution in [1.29, 1.82) is 5.26 Å². The van der Waals surface area contributed by atoms with Crippen LogP contribution in [0.25, 0.3) is 0 Å². The van der Waals surface area contributed by atoms with Crippen LogP contribution in [-0.2, 0) is 4.74 Å². The van der Waals surface area contributed by atoms with Gasteiger partial charge in [-0.15, -0.1) is 11.8 Å². The number of benzene rings is 1. The smallest absolute Gasteiger partial charge is 0.103 e. The average molecular weight is 290 g/mol. The molecule has 3 nitrogen and oxygen atoms in total. The maximum Gasteiger partial charge on any atom is 0.103 e. The molecule has 108 valence electrons. The molecule has 0 radical (unpaired) electrons. The first-order valence-electron chi connectivity index (χ1n) is 7.20. The maximum atomic E-state index is 9.48. The molecule has 0 bridgehead atoms. The Labute approximate surface area is 125 Å². The maximum absolute atomic E-state index is 9.48. The van der Waals surface area contributed by atoms with Gasteiger partial charge in [0.1, 0.15) is 6.07 Å². The van der Waals surface area contributed by atoms with Crippen LogP contribution in [-0.4, -0.2) is 32.6 Å². The standard InChI is InChI=1S/C16H22N2OS/c1-3-20-16-6-4-5-15(14(16)11-17)18-9-7-13(8-10-18)12-19-2/h4-6,13H,3,7-10,12H2,1-2H3. The molecule has 0 N–H and O–H groups in total. The van der Waals surface area contributed by atoms with Gasteiger partial charge in [-0.05, 0) is 36.6 Å². The quantitative estimate of drug-likeness (QED) is 0.777. The summed E-state index contributed by atoms with van der Waals surface area (Å²) in [5.74, 6) is 1.66. The molecule has 2 rings (SSSR count). The molecule has 20 heavy (non-hydrogen) atoms. The Bertz CT molecular complexity index is 476. The van der Waals surface area contributed by atoms with Crippen molar-refractivity contribution in [2.24, 2.45) is 5.92 Å². The first-order chi connectivity index (χ1) is 9.80. The molecule has 4 heteroatoms. The molecule has 0 aliphatic carbocycles. The van der Waals surface area contributed by atoms with Gasteiger partial charge in [-0.3, -0.25) is 0 Å². The van der Waals surface area contributed by atoms with E-state index in [4.69, 9.17) is 4.74 Å². The van der Waals surface area contributed by atoms with Gasteiger partial charge in [-0.25, -0.2) is 0 Å². The zero-order valence-corrected chi connectivity index (χ0v) is 13.1. The van der Waals surface area contributed by atoms with Crippen LogP contribution >= 0.6 is 11.8 Å². The zero-order valence-electron chi connectivity index (χ0n) is 12.3. The van der Waals surface area contributed by atoms with Crippen molar-refractivity contribution in [3.63, 3.8) is 0 Å². The number of rotatable bonds is 5. The van der Waals surface area contributed by atoms with Crippen molar-refractivity contribution >= 4 is 17.4 Å². The SMILES string of the molecule is CCSc1cccc(N2CCC(COC)CC2)c1C#N. The van der Waals surface area contributed by atoms with Crippen LogP contribution in [0.1, 0.15) is 25.3 Å². The largest absolute Gasteiger partial charge is 0.384 e. The van der Waals surface area contributed by atoms with E-state index in [9.17, 15) is 5.26 Å². The minimum absolute atomic E-state index is 0.662. The summed E-state index contributed by atoms with van der Waals surface area (Å²) in [6.07, 6.45) is 2.29. The molecule has 0 atom stereocenters. The fourth-order valence-electron chi connectivity index (χ4n) is 2.75. The number of hydrogen-bond acceptors (Lipinski definition) is 4. The molecular formula is C16H22N2OS. The summed E-state index contributed by atoms with van der Waals surface area (Å²) < 4.78 is 5.24. The van der Waals surface area contributed by atoms with Crippen molar-refractivity contribution in [1.82, 2.24) is 0 Å². The lowest BCUT2D eigenvalue weighted by atomic mass is 9.97. The Morgan fingerprint density at radius 1 is 1.40 bits per heavy atom. The fraction of sp³-hybridized carbons (Fsp3) is 0.562. The van der Waals surface area contributed by atoms with Crippen LogP contribution in [0.5, 0.6) is 0 Å². The van der Waals surface area contributed by atoms with E-state index in [1.807, 2.05) is 6.07 Å². The highest BCUT2D eigenvalue weighted by molar-refractivity contribution is 7.99. The second-order valence-electron chi connectivity index (χ2n) is 5.08. The monoisotopic (exact) mass is 290 g/mol. The molecule has 1 aromatic carbocycles. The van der Waals surface area contributed by atoms with E-state index in [1.165, 1.54) is 0 Å². The second kappa shape index (κ2) is 7.56. The molecule has 1 aliphatic rings. The van der Waals surface area contributed by atoms with Gasteiger partial charge in [0.05, 0.1) is 11.3 Å². The fourth-order valence-corrected chi connectivity index (χ4v) is 3.53. The number of methoxy groups -OCH3 is 1. The molecule has 0 amide bonds. The van der Waals surface area contributed by atoms with Gasteiger partial charge in [0.2, 0.25) is 0 Å². The van der Waals surface area contributed by atoms with Gasteiger partial charge in [0.15, 0.2) is 0 Å². The van der Waals surface area contributed by atoms with Gasteiger partial charge < -0.3 is 9.64 Å². The zero-order chi connectivity index (χ0) is 14.4. The van der Waals surface area contributed by atoms with E-state index >= 15 is 0 Å². The number of piperidine rings is 1. The molecule has 1 saturated heterocycles. The van der Waals surface area contributed by atoms with Crippen LogP contribution in [0, 0.1) is 17.2 Å². The number of anilines is 1. The van der Waals surface area contributed by atoms with Crippen LogP contribution in [0.3, 0.4) is 0 Å². The summed E-state index contributed by atoms with van der Waals surface area (Å²) in [5.41, 5.74) is 1.94. The van der Waals surface area contributed by atoms with Crippen molar-refractivity contribution in [2.45, 2.75) is 24.7 Å². The number of nitrogens with zero attached hydrogens (tertiary/aromatic N) is 2. The Morgan fingerprint density at radius 3 is 2.75 bits per heavy atom. The number of thioether (sulfide) groups is 1. The Morgan fingerprint density at radius 2 is 2.15 bits per heavy atom. The summed E-state index contributed by atoms with van der Waals surface area (Å²) in [4.78, 5) is 3.45. The Balaban J connectivity index is 2.14. The van der Waals surface area contributed by atoms with Gasteiger partial charge in [0, 0.05) is 31.7 Å². The van der Waals surface area contributed by atoms with E-state index < -0.39 is 0 Å².